The van der Waals surface area contributed by atoms with Crippen LogP contribution < -0.4 is 16.2 Å². The zero-order chi connectivity index (χ0) is 8.97. The third-order valence-electron chi connectivity index (χ3n) is 1.27. The van der Waals surface area contributed by atoms with Crippen molar-refractivity contribution in [3.8, 4) is 5.88 Å². The molecule has 1 aromatic heterocycles. The van der Waals surface area contributed by atoms with E-state index in [4.69, 9.17) is 21.3 Å². The third-order valence-corrected chi connectivity index (χ3v) is 1.27. The van der Waals surface area contributed by atoms with Gasteiger partial charge in [-0.2, -0.15) is 4.98 Å². The number of hydrogen-bond acceptors (Lipinski definition) is 5. The van der Waals surface area contributed by atoms with Crippen molar-refractivity contribution in [1.29, 1.82) is 0 Å². The summed E-state index contributed by atoms with van der Waals surface area (Å²) in [5.74, 6) is 0.612. The topological polar surface area (TPSA) is 94.4 Å². The van der Waals surface area contributed by atoms with Crippen LogP contribution in [0.1, 0.15) is 0 Å². The minimum absolute atomic E-state index is 0.0496. The third kappa shape index (κ3) is 2.00. The molecule has 0 aliphatic heterocycles. The maximum absolute atomic E-state index is 8.44. The van der Waals surface area contributed by atoms with E-state index in [1.165, 1.54) is 0 Å². The van der Waals surface area contributed by atoms with Crippen LogP contribution in [0.4, 0.5) is 11.5 Å². The van der Waals surface area contributed by atoms with Crippen molar-refractivity contribution >= 4 is 11.5 Å². The summed E-state index contributed by atoms with van der Waals surface area (Å²) in [6.07, 6.45) is 0. The van der Waals surface area contributed by atoms with Crippen LogP contribution in [0.3, 0.4) is 0 Å². The van der Waals surface area contributed by atoms with Gasteiger partial charge in [0.1, 0.15) is 6.61 Å². The number of aromatic nitrogens is 1. The van der Waals surface area contributed by atoms with Crippen LogP contribution >= 0.6 is 0 Å². The maximum Gasteiger partial charge on any atom is 0.215 e. The van der Waals surface area contributed by atoms with Crippen molar-refractivity contribution < 1.29 is 9.84 Å². The maximum atomic E-state index is 8.44. The molecule has 66 valence electrons. The van der Waals surface area contributed by atoms with Crippen molar-refractivity contribution in [2.24, 2.45) is 0 Å². The number of nitrogens with two attached hydrogens (primary N) is 2. The van der Waals surface area contributed by atoms with Crippen molar-refractivity contribution in [3.05, 3.63) is 12.1 Å². The molecule has 1 rings (SSSR count). The summed E-state index contributed by atoms with van der Waals surface area (Å²) in [7, 11) is 0. The average molecular weight is 169 g/mol. The SMILES string of the molecule is Nc1ccc(OCCO)nc1N. The fourth-order valence-electron chi connectivity index (χ4n) is 0.698. The van der Waals surface area contributed by atoms with Gasteiger partial charge in [0.15, 0.2) is 5.82 Å². The number of anilines is 2. The molecule has 0 bridgehead atoms. The number of aliphatic hydroxyl groups excluding tert-OH is 1. The lowest BCUT2D eigenvalue weighted by atomic mass is 10.4. The lowest BCUT2D eigenvalue weighted by Crippen LogP contribution is -2.05. The molecule has 0 unspecified atom stereocenters. The van der Waals surface area contributed by atoms with Gasteiger partial charge in [0.2, 0.25) is 5.88 Å². The highest BCUT2D eigenvalue weighted by Gasteiger charge is 1.98. The van der Waals surface area contributed by atoms with Crippen LogP contribution in [0.2, 0.25) is 0 Å². The predicted octanol–water partition coefficient (Wildman–Crippen LogP) is -0.383. The number of pyridine rings is 1. The quantitative estimate of drug-likeness (QED) is 0.573. The summed E-state index contributed by atoms with van der Waals surface area (Å²) >= 11 is 0. The fourth-order valence-corrected chi connectivity index (χ4v) is 0.698. The summed E-state index contributed by atoms with van der Waals surface area (Å²) in [6, 6.07) is 3.20. The Bertz CT molecular complexity index is 265. The van der Waals surface area contributed by atoms with E-state index in [-0.39, 0.29) is 19.0 Å². The van der Waals surface area contributed by atoms with Crippen LogP contribution in [0.25, 0.3) is 0 Å². The molecule has 0 radical (unpaired) electrons. The summed E-state index contributed by atoms with van der Waals surface area (Å²) in [5, 5.41) is 8.44. The summed E-state index contributed by atoms with van der Waals surface area (Å²) in [5.41, 5.74) is 11.3. The van der Waals surface area contributed by atoms with Crippen molar-refractivity contribution in [3.63, 3.8) is 0 Å². The Morgan fingerprint density at radius 3 is 2.75 bits per heavy atom. The van der Waals surface area contributed by atoms with E-state index >= 15 is 0 Å². The van der Waals surface area contributed by atoms with Crippen molar-refractivity contribution in [1.82, 2.24) is 4.98 Å². The largest absolute Gasteiger partial charge is 0.475 e. The van der Waals surface area contributed by atoms with E-state index in [1.54, 1.807) is 12.1 Å². The Kier molecular flexibility index (Phi) is 2.71. The Labute approximate surface area is 70.0 Å². The molecule has 0 spiro atoms. The number of nitrogen functional groups attached to an aromatic ring is 2. The summed E-state index contributed by atoms with van der Waals surface area (Å²) in [6.45, 7) is 0.155. The van der Waals surface area contributed by atoms with E-state index in [9.17, 15) is 0 Å². The van der Waals surface area contributed by atoms with E-state index in [2.05, 4.69) is 4.98 Å². The minimum atomic E-state index is -0.0496. The Balaban J connectivity index is 2.69. The van der Waals surface area contributed by atoms with Gasteiger partial charge in [-0.3, -0.25) is 0 Å². The van der Waals surface area contributed by atoms with Gasteiger partial charge in [-0.05, 0) is 6.07 Å². The normalized spacial score (nSPS) is 9.75. The van der Waals surface area contributed by atoms with Crippen molar-refractivity contribution in [2.75, 3.05) is 24.7 Å². The van der Waals surface area contributed by atoms with Crippen LogP contribution in [0.5, 0.6) is 5.88 Å². The molecule has 0 fully saturated rings. The molecule has 0 aromatic carbocycles. The van der Waals surface area contributed by atoms with E-state index in [1.807, 2.05) is 0 Å². The number of rotatable bonds is 3. The van der Waals surface area contributed by atoms with Crippen LogP contribution in [-0.4, -0.2) is 23.3 Å². The van der Waals surface area contributed by atoms with Crippen LogP contribution in [0, 0.1) is 0 Å². The van der Waals surface area contributed by atoms with Gasteiger partial charge in [0.05, 0.1) is 12.3 Å². The molecule has 0 saturated carbocycles. The number of nitrogens with zero attached hydrogens (tertiary/aromatic N) is 1. The van der Waals surface area contributed by atoms with Crippen LogP contribution in [0.15, 0.2) is 12.1 Å². The van der Waals surface area contributed by atoms with Gasteiger partial charge in [0, 0.05) is 6.07 Å². The number of ether oxygens (including phenoxy) is 1. The molecule has 0 aliphatic carbocycles. The van der Waals surface area contributed by atoms with E-state index in [0.717, 1.165) is 0 Å². The Morgan fingerprint density at radius 2 is 2.17 bits per heavy atom. The zero-order valence-electron chi connectivity index (χ0n) is 6.53. The first kappa shape index (κ1) is 8.61. The molecule has 0 amide bonds. The van der Waals surface area contributed by atoms with Gasteiger partial charge in [-0.15, -0.1) is 0 Å². The van der Waals surface area contributed by atoms with E-state index < -0.39 is 0 Å². The van der Waals surface area contributed by atoms with Gasteiger partial charge < -0.3 is 21.3 Å². The van der Waals surface area contributed by atoms with Gasteiger partial charge >= 0.3 is 0 Å². The highest BCUT2D eigenvalue weighted by molar-refractivity contribution is 5.58. The molecular weight excluding hydrogens is 158 g/mol. The smallest absolute Gasteiger partial charge is 0.215 e. The monoisotopic (exact) mass is 169 g/mol. The zero-order valence-corrected chi connectivity index (χ0v) is 6.53. The Morgan fingerprint density at radius 1 is 1.42 bits per heavy atom. The van der Waals surface area contributed by atoms with Gasteiger partial charge in [-0.1, -0.05) is 0 Å². The first-order valence-corrected chi connectivity index (χ1v) is 3.49. The molecule has 0 atom stereocenters. The summed E-state index contributed by atoms with van der Waals surface area (Å²) < 4.78 is 4.99. The average Bonchev–Trinajstić information content (AvgIpc) is 2.07. The molecule has 0 aliphatic rings. The molecule has 5 N–H and O–H groups in total. The second-order valence-electron chi connectivity index (χ2n) is 2.20. The predicted molar refractivity (Wildman–Crippen MR) is 45.6 cm³/mol. The summed E-state index contributed by atoms with van der Waals surface area (Å²) in [4.78, 5) is 3.83. The Hall–Kier alpha value is -1.49. The lowest BCUT2D eigenvalue weighted by Gasteiger charge is -2.04. The minimum Gasteiger partial charge on any atom is -0.475 e. The molecule has 1 aromatic rings. The molecule has 1 heterocycles. The molecular formula is C7H11N3O2. The molecule has 5 heteroatoms. The lowest BCUT2D eigenvalue weighted by molar-refractivity contribution is 0.197. The second kappa shape index (κ2) is 3.77. The molecule has 5 nitrogen and oxygen atoms in total. The number of hydrogen-bond donors (Lipinski definition) is 3. The first-order valence-electron chi connectivity index (χ1n) is 3.49. The van der Waals surface area contributed by atoms with Gasteiger partial charge in [0.25, 0.3) is 0 Å². The van der Waals surface area contributed by atoms with E-state index in [0.29, 0.717) is 11.6 Å². The standard InChI is InChI=1S/C7H11N3O2/c8-5-1-2-6(10-7(5)9)12-4-3-11/h1-2,11H,3-4,8H2,(H2,9,10). The molecule has 0 saturated heterocycles. The highest BCUT2D eigenvalue weighted by atomic mass is 16.5. The van der Waals surface area contributed by atoms with Crippen LogP contribution in [-0.2, 0) is 0 Å². The van der Waals surface area contributed by atoms with Crippen molar-refractivity contribution in [2.45, 2.75) is 0 Å². The first-order chi connectivity index (χ1) is 5.74. The fraction of sp³-hybridized carbons (Fsp3) is 0.286. The number of aliphatic hydroxyl groups is 1. The second-order valence-corrected chi connectivity index (χ2v) is 2.20. The highest BCUT2D eigenvalue weighted by Crippen LogP contribution is 2.15. The molecule has 12 heavy (non-hydrogen) atoms. The van der Waals surface area contributed by atoms with Gasteiger partial charge in [-0.25, -0.2) is 0 Å².